The van der Waals surface area contributed by atoms with Crippen molar-refractivity contribution >= 4 is 23.4 Å². The number of benzene rings is 1. The summed E-state index contributed by atoms with van der Waals surface area (Å²) in [5, 5.41) is 0. The Hall–Kier alpha value is -1.20. The van der Waals surface area contributed by atoms with E-state index in [1.54, 1.807) is 12.1 Å². The fourth-order valence-electron chi connectivity index (χ4n) is 2.38. The van der Waals surface area contributed by atoms with Gasteiger partial charge in [0.05, 0.1) is 0 Å². The van der Waals surface area contributed by atoms with Crippen LogP contribution in [0.25, 0.3) is 0 Å². The van der Waals surface area contributed by atoms with Crippen molar-refractivity contribution in [3.63, 3.8) is 0 Å². The second-order valence-corrected chi connectivity index (χ2v) is 7.40. The monoisotopic (exact) mass is 279 g/mol. The number of hydrogen-bond acceptors (Lipinski definition) is 4. The third kappa shape index (κ3) is 3.64. The van der Waals surface area contributed by atoms with E-state index in [-0.39, 0.29) is 0 Å². The molecule has 1 saturated heterocycles. The first-order valence-corrected chi connectivity index (χ1v) is 7.40. The number of thioether (sulfide) groups is 1. The predicted octanol–water partition coefficient (Wildman–Crippen LogP) is 1.70. The standard InChI is InChI=1S/C14H21N3OS/c1-14(2)9-17(5-6-19-14)8-11-4-3-10(13(16)18)7-12(11)15/h3-4,7H,5-6,8-9,15H2,1-2H3,(H2,16,18). The Labute approximate surface area is 118 Å². The van der Waals surface area contributed by atoms with Crippen LogP contribution in [0.15, 0.2) is 18.2 Å². The highest BCUT2D eigenvalue weighted by Crippen LogP contribution is 2.30. The van der Waals surface area contributed by atoms with Crippen LogP contribution in [0.2, 0.25) is 0 Å². The quantitative estimate of drug-likeness (QED) is 0.826. The molecule has 0 saturated carbocycles. The zero-order valence-electron chi connectivity index (χ0n) is 11.5. The molecule has 2 rings (SSSR count). The first kappa shape index (κ1) is 14.2. The molecule has 1 amide bonds. The maximum Gasteiger partial charge on any atom is 0.248 e. The molecule has 4 nitrogen and oxygen atoms in total. The van der Waals surface area contributed by atoms with Crippen LogP contribution < -0.4 is 11.5 Å². The lowest BCUT2D eigenvalue weighted by molar-refractivity contribution is 0.100. The number of carbonyl (C=O) groups is 1. The molecule has 0 bridgehead atoms. The molecule has 0 aliphatic carbocycles. The van der Waals surface area contributed by atoms with E-state index in [9.17, 15) is 4.79 Å². The molecular formula is C14H21N3OS. The molecule has 0 unspecified atom stereocenters. The van der Waals surface area contributed by atoms with Crippen LogP contribution >= 0.6 is 11.8 Å². The fourth-order valence-corrected chi connectivity index (χ4v) is 3.56. The van der Waals surface area contributed by atoms with Gasteiger partial charge in [0.2, 0.25) is 5.91 Å². The van der Waals surface area contributed by atoms with Crippen molar-refractivity contribution in [1.82, 2.24) is 4.90 Å². The number of carbonyl (C=O) groups excluding carboxylic acids is 1. The van der Waals surface area contributed by atoms with Gasteiger partial charge in [-0.2, -0.15) is 11.8 Å². The lowest BCUT2D eigenvalue weighted by Gasteiger charge is -2.37. The van der Waals surface area contributed by atoms with Crippen LogP contribution in [0.1, 0.15) is 29.8 Å². The van der Waals surface area contributed by atoms with Gasteiger partial charge in [-0.3, -0.25) is 9.69 Å². The molecule has 0 aromatic heterocycles. The van der Waals surface area contributed by atoms with Gasteiger partial charge in [0.1, 0.15) is 0 Å². The molecule has 1 fully saturated rings. The van der Waals surface area contributed by atoms with Gasteiger partial charge in [0.25, 0.3) is 0 Å². The first-order valence-electron chi connectivity index (χ1n) is 6.42. The minimum atomic E-state index is -0.436. The summed E-state index contributed by atoms with van der Waals surface area (Å²) in [7, 11) is 0. The van der Waals surface area contributed by atoms with Gasteiger partial charge in [0.15, 0.2) is 0 Å². The van der Waals surface area contributed by atoms with Crippen LogP contribution in [-0.4, -0.2) is 34.4 Å². The summed E-state index contributed by atoms with van der Waals surface area (Å²) in [4.78, 5) is 13.5. The van der Waals surface area contributed by atoms with E-state index in [0.717, 1.165) is 31.0 Å². The van der Waals surface area contributed by atoms with Crippen molar-refractivity contribution in [1.29, 1.82) is 0 Å². The van der Waals surface area contributed by atoms with E-state index in [1.165, 1.54) is 0 Å². The van der Waals surface area contributed by atoms with Gasteiger partial charge in [-0.1, -0.05) is 6.07 Å². The molecule has 1 aromatic carbocycles. The molecule has 1 aliphatic rings. The minimum absolute atomic E-state index is 0.292. The SMILES string of the molecule is CC1(C)CN(Cc2ccc(C(N)=O)cc2N)CCS1. The Kier molecular flexibility index (Phi) is 4.06. The number of nitrogen functional groups attached to an aromatic ring is 1. The lowest BCUT2D eigenvalue weighted by Crippen LogP contribution is -2.42. The third-order valence-corrected chi connectivity index (χ3v) is 4.63. The zero-order chi connectivity index (χ0) is 14.0. The van der Waals surface area contributed by atoms with Gasteiger partial charge in [0, 0.05) is 41.4 Å². The maximum atomic E-state index is 11.1. The van der Waals surface area contributed by atoms with Crippen molar-refractivity contribution in [2.24, 2.45) is 5.73 Å². The number of primary amides is 1. The van der Waals surface area contributed by atoms with Crippen LogP contribution in [0, 0.1) is 0 Å². The Bertz CT molecular complexity index is 488. The Balaban J connectivity index is 2.09. The van der Waals surface area contributed by atoms with Crippen molar-refractivity contribution < 1.29 is 4.79 Å². The molecule has 0 spiro atoms. The molecule has 5 heteroatoms. The topological polar surface area (TPSA) is 72.3 Å². The number of nitrogens with zero attached hydrogens (tertiary/aromatic N) is 1. The summed E-state index contributed by atoms with van der Waals surface area (Å²) in [6, 6.07) is 5.32. The average molecular weight is 279 g/mol. The second-order valence-electron chi connectivity index (χ2n) is 5.60. The second kappa shape index (κ2) is 5.43. The molecular weight excluding hydrogens is 258 g/mol. The molecule has 4 N–H and O–H groups in total. The largest absolute Gasteiger partial charge is 0.398 e. The van der Waals surface area contributed by atoms with Crippen LogP contribution in [0.5, 0.6) is 0 Å². The summed E-state index contributed by atoms with van der Waals surface area (Å²) in [6.07, 6.45) is 0. The van der Waals surface area contributed by atoms with E-state index in [2.05, 4.69) is 18.7 Å². The van der Waals surface area contributed by atoms with Crippen molar-refractivity contribution in [3.8, 4) is 0 Å². The number of rotatable bonds is 3. The summed E-state index contributed by atoms with van der Waals surface area (Å²) in [5.74, 6) is 0.709. The van der Waals surface area contributed by atoms with Crippen molar-refractivity contribution in [2.45, 2.75) is 25.1 Å². The number of amides is 1. The van der Waals surface area contributed by atoms with E-state index in [1.807, 2.05) is 17.8 Å². The predicted molar refractivity (Wildman–Crippen MR) is 81.2 cm³/mol. The summed E-state index contributed by atoms with van der Waals surface area (Å²) >= 11 is 2.01. The van der Waals surface area contributed by atoms with E-state index >= 15 is 0 Å². The summed E-state index contributed by atoms with van der Waals surface area (Å²) < 4.78 is 0.292. The zero-order valence-corrected chi connectivity index (χ0v) is 12.3. The molecule has 0 atom stereocenters. The highest BCUT2D eigenvalue weighted by molar-refractivity contribution is 8.00. The van der Waals surface area contributed by atoms with Crippen LogP contribution in [0.4, 0.5) is 5.69 Å². The van der Waals surface area contributed by atoms with Crippen molar-refractivity contribution in [2.75, 3.05) is 24.6 Å². The van der Waals surface area contributed by atoms with E-state index in [0.29, 0.717) is 16.0 Å². The van der Waals surface area contributed by atoms with E-state index < -0.39 is 5.91 Å². The number of nitrogens with two attached hydrogens (primary N) is 2. The van der Waals surface area contributed by atoms with Crippen molar-refractivity contribution in [3.05, 3.63) is 29.3 Å². The third-order valence-electron chi connectivity index (χ3n) is 3.33. The number of anilines is 1. The van der Waals surface area contributed by atoms with Crippen LogP contribution in [0.3, 0.4) is 0 Å². The molecule has 1 aliphatic heterocycles. The fraction of sp³-hybridized carbons (Fsp3) is 0.500. The Morgan fingerprint density at radius 1 is 1.47 bits per heavy atom. The van der Waals surface area contributed by atoms with Gasteiger partial charge in [-0.25, -0.2) is 0 Å². The molecule has 0 radical (unpaired) electrons. The first-order chi connectivity index (χ1) is 8.87. The maximum absolute atomic E-state index is 11.1. The van der Waals surface area contributed by atoms with Gasteiger partial charge in [-0.15, -0.1) is 0 Å². The van der Waals surface area contributed by atoms with Gasteiger partial charge < -0.3 is 11.5 Å². The van der Waals surface area contributed by atoms with Crippen LogP contribution in [-0.2, 0) is 6.54 Å². The molecule has 1 aromatic rings. The highest BCUT2D eigenvalue weighted by atomic mass is 32.2. The molecule has 1 heterocycles. The van der Waals surface area contributed by atoms with E-state index in [4.69, 9.17) is 11.5 Å². The smallest absolute Gasteiger partial charge is 0.248 e. The summed E-state index contributed by atoms with van der Waals surface area (Å²) in [6.45, 7) is 7.49. The Morgan fingerprint density at radius 3 is 2.79 bits per heavy atom. The average Bonchev–Trinajstić information content (AvgIpc) is 2.30. The molecule has 19 heavy (non-hydrogen) atoms. The lowest BCUT2D eigenvalue weighted by atomic mass is 10.1. The highest BCUT2D eigenvalue weighted by Gasteiger charge is 2.27. The summed E-state index contributed by atoms with van der Waals surface area (Å²) in [5.41, 5.74) is 13.4. The minimum Gasteiger partial charge on any atom is -0.398 e. The molecule has 104 valence electrons. The normalized spacial score (nSPS) is 19.3. The van der Waals surface area contributed by atoms with Gasteiger partial charge >= 0.3 is 0 Å². The van der Waals surface area contributed by atoms with Gasteiger partial charge in [-0.05, 0) is 31.5 Å². The number of hydrogen-bond donors (Lipinski definition) is 2. The Morgan fingerprint density at radius 2 is 2.21 bits per heavy atom.